The van der Waals surface area contributed by atoms with E-state index < -0.39 is 0 Å². The molecule has 0 aliphatic heterocycles. The molecule has 1 N–H and O–H groups in total. The van der Waals surface area contributed by atoms with Crippen molar-refractivity contribution in [3.05, 3.63) is 70.7 Å². The minimum Gasteiger partial charge on any atom is -0.383 e. The molecule has 0 aliphatic rings. The van der Waals surface area contributed by atoms with E-state index in [2.05, 4.69) is 41.7 Å². The summed E-state index contributed by atoms with van der Waals surface area (Å²) in [6.45, 7) is 2.51. The molecule has 1 unspecified atom stereocenters. The van der Waals surface area contributed by atoms with Gasteiger partial charge in [0.1, 0.15) is 0 Å². The van der Waals surface area contributed by atoms with Crippen molar-refractivity contribution in [3.63, 3.8) is 0 Å². The van der Waals surface area contributed by atoms with Crippen LogP contribution in [0.15, 0.2) is 54.6 Å². The van der Waals surface area contributed by atoms with Gasteiger partial charge in [-0.15, -0.1) is 0 Å². The molecule has 2 aromatic carbocycles. The molecule has 0 radical (unpaired) electrons. The fourth-order valence-corrected chi connectivity index (χ4v) is 2.63. The molecule has 1 atom stereocenters. The van der Waals surface area contributed by atoms with Crippen molar-refractivity contribution in [3.8, 4) is 0 Å². The lowest BCUT2D eigenvalue weighted by molar-refractivity contribution is 0.199. The van der Waals surface area contributed by atoms with E-state index >= 15 is 0 Å². The van der Waals surface area contributed by atoms with Gasteiger partial charge in [0.05, 0.1) is 6.61 Å². The minimum absolute atomic E-state index is 0.406. The fraction of sp³-hybridized carbons (Fsp3) is 0.333. The van der Waals surface area contributed by atoms with Crippen molar-refractivity contribution in [1.82, 2.24) is 5.32 Å². The van der Waals surface area contributed by atoms with Gasteiger partial charge in [0, 0.05) is 31.1 Å². The van der Waals surface area contributed by atoms with Crippen LogP contribution in [-0.2, 0) is 11.2 Å². The number of halogens is 1. The highest BCUT2D eigenvalue weighted by atomic mass is 35.5. The zero-order valence-corrected chi connectivity index (χ0v) is 13.1. The Labute approximate surface area is 132 Å². The highest BCUT2D eigenvalue weighted by Crippen LogP contribution is 2.24. The highest BCUT2D eigenvalue weighted by Gasteiger charge is 2.13. The van der Waals surface area contributed by atoms with Crippen molar-refractivity contribution in [1.29, 1.82) is 0 Å². The van der Waals surface area contributed by atoms with Crippen molar-refractivity contribution in [2.45, 2.75) is 12.3 Å². The molecular weight excluding hydrogens is 282 g/mol. The molecule has 0 fully saturated rings. The quantitative estimate of drug-likeness (QED) is 0.747. The van der Waals surface area contributed by atoms with Gasteiger partial charge >= 0.3 is 0 Å². The smallest absolute Gasteiger partial charge is 0.0587 e. The SMILES string of the molecule is COCCNCC(Cc1ccccc1Cl)c1ccccc1. The number of rotatable bonds is 8. The van der Waals surface area contributed by atoms with Crippen LogP contribution in [0, 0.1) is 0 Å². The molecule has 0 bridgehead atoms. The summed E-state index contributed by atoms with van der Waals surface area (Å²) in [6.07, 6.45) is 0.934. The largest absolute Gasteiger partial charge is 0.383 e. The lowest BCUT2D eigenvalue weighted by Gasteiger charge is -2.19. The van der Waals surface area contributed by atoms with Crippen LogP contribution in [-0.4, -0.2) is 26.8 Å². The number of nitrogens with one attached hydrogen (secondary N) is 1. The van der Waals surface area contributed by atoms with Crippen LogP contribution >= 0.6 is 11.6 Å². The Morgan fingerprint density at radius 2 is 1.76 bits per heavy atom. The maximum Gasteiger partial charge on any atom is 0.0587 e. The van der Waals surface area contributed by atoms with Crippen molar-refractivity contribution in [2.24, 2.45) is 0 Å². The Hall–Kier alpha value is -1.35. The van der Waals surface area contributed by atoms with E-state index in [0.29, 0.717) is 5.92 Å². The maximum atomic E-state index is 6.30. The van der Waals surface area contributed by atoms with Gasteiger partial charge in [-0.05, 0) is 23.6 Å². The van der Waals surface area contributed by atoms with E-state index in [4.69, 9.17) is 16.3 Å². The first-order valence-electron chi connectivity index (χ1n) is 7.29. The van der Waals surface area contributed by atoms with Crippen LogP contribution in [0.1, 0.15) is 17.0 Å². The van der Waals surface area contributed by atoms with E-state index in [9.17, 15) is 0 Å². The van der Waals surface area contributed by atoms with Crippen LogP contribution in [0.4, 0.5) is 0 Å². The number of hydrogen-bond acceptors (Lipinski definition) is 2. The number of hydrogen-bond donors (Lipinski definition) is 1. The molecule has 3 heteroatoms. The van der Waals surface area contributed by atoms with Crippen LogP contribution in [0.25, 0.3) is 0 Å². The molecule has 0 heterocycles. The summed E-state index contributed by atoms with van der Waals surface area (Å²) >= 11 is 6.30. The van der Waals surface area contributed by atoms with E-state index in [-0.39, 0.29) is 0 Å². The van der Waals surface area contributed by atoms with E-state index in [1.54, 1.807) is 7.11 Å². The second-order valence-electron chi connectivity index (χ2n) is 5.10. The number of methoxy groups -OCH3 is 1. The summed E-state index contributed by atoms with van der Waals surface area (Å²) in [5.74, 6) is 0.406. The molecule has 2 aromatic rings. The summed E-state index contributed by atoms with van der Waals surface area (Å²) in [7, 11) is 1.72. The molecule has 0 amide bonds. The molecule has 2 rings (SSSR count). The van der Waals surface area contributed by atoms with E-state index in [1.165, 1.54) is 11.1 Å². The first-order valence-corrected chi connectivity index (χ1v) is 7.67. The van der Waals surface area contributed by atoms with Gasteiger partial charge in [-0.3, -0.25) is 0 Å². The zero-order chi connectivity index (χ0) is 14.9. The first kappa shape index (κ1) is 16.0. The lowest BCUT2D eigenvalue weighted by Crippen LogP contribution is -2.26. The minimum atomic E-state index is 0.406. The highest BCUT2D eigenvalue weighted by molar-refractivity contribution is 6.31. The van der Waals surface area contributed by atoms with Crippen molar-refractivity contribution < 1.29 is 4.74 Å². The summed E-state index contributed by atoms with van der Waals surface area (Å²) < 4.78 is 5.08. The number of benzene rings is 2. The average Bonchev–Trinajstić information content (AvgIpc) is 2.53. The molecule has 0 aromatic heterocycles. The van der Waals surface area contributed by atoms with Crippen LogP contribution in [0.3, 0.4) is 0 Å². The van der Waals surface area contributed by atoms with Crippen LogP contribution in [0.5, 0.6) is 0 Å². The van der Waals surface area contributed by atoms with Crippen LogP contribution < -0.4 is 5.32 Å². The summed E-state index contributed by atoms with van der Waals surface area (Å²) in [5, 5.41) is 4.30. The predicted octanol–water partition coefficient (Wildman–Crippen LogP) is 3.90. The Morgan fingerprint density at radius 3 is 2.48 bits per heavy atom. The van der Waals surface area contributed by atoms with Crippen molar-refractivity contribution >= 4 is 11.6 Å². The molecule has 0 saturated heterocycles. The molecule has 0 spiro atoms. The topological polar surface area (TPSA) is 21.3 Å². The third-order valence-corrected chi connectivity index (χ3v) is 3.94. The Morgan fingerprint density at radius 1 is 1.05 bits per heavy atom. The van der Waals surface area contributed by atoms with Gasteiger partial charge in [0.25, 0.3) is 0 Å². The molecule has 0 saturated carbocycles. The zero-order valence-electron chi connectivity index (χ0n) is 12.4. The molecule has 21 heavy (non-hydrogen) atoms. The van der Waals surface area contributed by atoms with E-state index in [1.807, 2.05) is 18.2 Å². The average molecular weight is 304 g/mol. The monoisotopic (exact) mass is 303 g/mol. The second-order valence-corrected chi connectivity index (χ2v) is 5.51. The van der Waals surface area contributed by atoms with Gasteiger partial charge in [-0.25, -0.2) is 0 Å². The Kier molecular flexibility index (Phi) is 6.74. The number of ether oxygens (including phenoxy) is 1. The van der Waals surface area contributed by atoms with Crippen molar-refractivity contribution in [2.75, 3.05) is 26.8 Å². The standard InChI is InChI=1S/C18H22ClNO/c1-21-12-11-20-14-17(15-7-3-2-4-8-15)13-16-9-5-6-10-18(16)19/h2-10,17,20H,11-14H2,1H3. The van der Waals surface area contributed by atoms with Crippen LogP contribution in [0.2, 0.25) is 5.02 Å². The fourth-order valence-electron chi connectivity index (χ4n) is 2.41. The third-order valence-electron chi connectivity index (χ3n) is 3.57. The molecule has 0 aliphatic carbocycles. The first-order chi connectivity index (χ1) is 10.3. The lowest BCUT2D eigenvalue weighted by atomic mass is 9.92. The predicted molar refractivity (Wildman–Crippen MR) is 89.1 cm³/mol. The molecular formula is C18H22ClNO. The Bertz CT molecular complexity index is 530. The maximum absolute atomic E-state index is 6.30. The summed E-state index contributed by atoms with van der Waals surface area (Å²) in [5.41, 5.74) is 2.53. The van der Waals surface area contributed by atoms with Gasteiger partial charge in [0.2, 0.25) is 0 Å². The second kappa shape index (κ2) is 8.83. The summed E-state index contributed by atoms with van der Waals surface area (Å²) in [6, 6.07) is 18.7. The van der Waals surface area contributed by atoms with Gasteiger partial charge in [-0.2, -0.15) is 0 Å². The normalized spacial score (nSPS) is 12.3. The van der Waals surface area contributed by atoms with Gasteiger partial charge in [0.15, 0.2) is 0 Å². The molecule has 2 nitrogen and oxygen atoms in total. The van der Waals surface area contributed by atoms with Gasteiger partial charge in [-0.1, -0.05) is 60.1 Å². The third kappa shape index (κ3) is 5.16. The Balaban J connectivity index is 2.07. The summed E-state index contributed by atoms with van der Waals surface area (Å²) in [4.78, 5) is 0. The van der Waals surface area contributed by atoms with E-state index in [0.717, 1.165) is 31.1 Å². The van der Waals surface area contributed by atoms with Gasteiger partial charge < -0.3 is 10.1 Å². The molecule has 112 valence electrons.